The molecule has 1 aromatic heterocycles. The number of morpholine rings is 1. The van der Waals surface area contributed by atoms with E-state index in [1.807, 2.05) is 13.1 Å². The zero-order valence-electron chi connectivity index (χ0n) is 8.23. The van der Waals surface area contributed by atoms with Crippen molar-refractivity contribution in [2.45, 2.75) is 0 Å². The molecule has 76 valence electrons. The lowest BCUT2D eigenvalue weighted by Gasteiger charge is -2.26. The second-order valence-corrected chi connectivity index (χ2v) is 3.09. The van der Waals surface area contributed by atoms with Gasteiger partial charge in [-0.15, -0.1) is 0 Å². The first-order valence-electron chi connectivity index (χ1n) is 4.73. The highest BCUT2D eigenvalue weighted by atomic mass is 16.5. The molecule has 0 atom stereocenters. The number of rotatable bonds is 2. The first-order chi connectivity index (χ1) is 6.90. The van der Waals surface area contributed by atoms with Gasteiger partial charge in [0.15, 0.2) is 0 Å². The second-order valence-electron chi connectivity index (χ2n) is 3.09. The van der Waals surface area contributed by atoms with E-state index in [1.54, 1.807) is 6.20 Å². The number of aromatic nitrogens is 2. The van der Waals surface area contributed by atoms with Crippen LogP contribution in [-0.2, 0) is 4.74 Å². The summed E-state index contributed by atoms with van der Waals surface area (Å²) < 4.78 is 5.26. The summed E-state index contributed by atoms with van der Waals surface area (Å²) in [6, 6.07) is 1.85. The summed E-state index contributed by atoms with van der Waals surface area (Å²) in [6.45, 7) is 3.25. The lowest BCUT2D eigenvalue weighted by molar-refractivity contribution is 0.122. The quantitative estimate of drug-likeness (QED) is 0.736. The van der Waals surface area contributed by atoms with Crippen LogP contribution in [0.2, 0.25) is 0 Å². The van der Waals surface area contributed by atoms with Crippen LogP contribution in [-0.4, -0.2) is 43.3 Å². The van der Waals surface area contributed by atoms with Gasteiger partial charge in [0.1, 0.15) is 5.82 Å². The molecule has 1 saturated heterocycles. The SMILES string of the molecule is CNc1ccnc(N2CCOCC2)n1. The molecular weight excluding hydrogens is 180 g/mol. The molecule has 0 spiro atoms. The van der Waals surface area contributed by atoms with Crippen LogP contribution in [0, 0.1) is 0 Å². The molecule has 1 aliphatic heterocycles. The minimum Gasteiger partial charge on any atom is -0.378 e. The normalized spacial score (nSPS) is 16.8. The van der Waals surface area contributed by atoms with Gasteiger partial charge in [-0.1, -0.05) is 0 Å². The third-order valence-electron chi connectivity index (χ3n) is 2.19. The summed E-state index contributed by atoms with van der Waals surface area (Å²) in [5.41, 5.74) is 0. The minimum absolute atomic E-state index is 0.757. The van der Waals surface area contributed by atoms with Crippen LogP contribution in [0.25, 0.3) is 0 Å². The Morgan fingerprint density at radius 2 is 2.21 bits per heavy atom. The first-order valence-corrected chi connectivity index (χ1v) is 4.73. The van der Waals surface area contributed by atoms with Crippen molar-refractivity contribution in [1.82, 2.24) is 9.97 Å². The van der Waals surface area contributed by atoms with Crippen molar-refractivity contribution in [3.8, 4) is 0 Å². The summed E-state index contributed by atoms with van der Waals surface area (Å²) in [7, 11) is 1.85. The Labute approximate surface area is 83.1 Å². The number of nitrogens with zero attached hydrogens (tertiary/aromatic N) is 3. The number of nitrogens with one attached hydrogen (secondary N) is 1. The predicted octanol–water partition coefficient (Wildman–Crippen LogP) is 0.355. The van der Waals surface area contributed by atoms with Gasteiger partial charge < -0.3 is 15.0 Å². The van der Waals surface area contributed by atoms with E-state index >= 15 is 0 Å². The maximum atomic E-state index is 5.26. The molecule has 1 fully saturated rings. The minimum atomic E-state index is 0.757. The van der Waals surface area contributed by atoms with E-state index in [0.29, 0.717) is 0 Å². The molecule has 1 aliphatic rings. The van der Waals surface area contributed by atoms with E-state index < -0.39 is 0 Å². The van der Waals surface area contributed by atoms with Gasteiger partial charge in [-0.2, -0.15) is 4.98 Å². The van der Waals surface area contributed by atoms with Crippen LogP contribution in [0.5, 0.6) is 0 Å². The van der Waals surface area contributed by atoms with Crippen molar-refractivity contribution in [3.63, 3.8) is 0 Å². The molecule has 1 aromatic rings. The van der Waals surface area contributed by atoms with E-state index in [4.69, 9.17) is 4.74 Å². The van der Waals surface area contributed by atoms with Crippen LogP contribution in [0.15, 0.2) is 12.3 Å². The van der Waals surface area contributed by atoms with Crippen LogP contribution < -0.4 is 10.2 Å². The number of ether oxygens (including phenoxy) is 1. The summed E-state index contributed by atoms with van der Waals surface area (Å²) in [5, 5.41) is 3.00. The van der Waals surface area contributed by atoms with Crippen LogP contribution in [0.3, 0.4) is 0 Å². The molecule has 0 aliphatic carbocycles. The molecule has 1 N–H and O–H groups in total. The summed E-state index contributed by atoms with van der Waals surface area (Å²) in [5.74, 6) is 1.63. The summed E-state index contributed by atoms with van der Waals surface area (Å²) in [6.07, 6.45) is 1.77. The third kappa shape index (κ3) is 1.93. The monoisotopic (exact) mass is 194 g/mol. The molecule has 5 nitrogen and oxygen atoms in total. The van der Waals surface area contributed by atoms with E-state index in [-0.39, 0.29) is 0 Å². The van der Waals surface area contributed by atoms with Gasteiger partial charge in [0.25, 0.3) is 0 Å². The van der Waals surface area contributed by atoms with E-state index in [2.05, 4.69) is 20.2 Å². The maximum Gasteiger partial charge on any atom is 0.227 e. The molecule has 0 saturated carbocycles. The molecule has 0 radical (unpaired) electrons. The van der Waals surface area contributed by atoms with Gasteiger partial charge in [0.2, 0.25) is 5.95 Å². The average Bonchev–Trinajstić information content (AvgIpc) is 2.30. The fraction of sp³-hybridized carbons (Fsp3) is 0.556. The van der Waals surface area contributed by atoms with Gasteiger partial charge in [-0.25, -0.2) is 4.98 Å². The van der Waals surface area contributed by atoms with Crippen molar-refractivity contribution < 1.29 is 4.74 Å². The first kappa shape index (κ1) is 9.21. The summed E-state index contributed by atoms with van der Waals surface area (Å²) >= 11 is 0. The van der Waals surface area contributed by atoms with Gasteiger partial charge >= 0.3 is 0 Å². The fourth-order valence-corrected chi connectivity index (χ4v) is 1.40. The van der Waals surface area contributed by atoms with Crippen molar-refractivity contribution in [2.24, 2.45) is 0 Å². The smallest absolute Gasteiger partial charge is 0.227 e. The molecule has 0 amide bonds. The molecule has 2 rings (SSSR count). The average molecular weight is 194 g/mol. The van der Waals surface area contributed by atoms with E-state index in [9.17, 15) is 0 Å². The standard InChI is InChI=1S/C9H14N4O/c1-10-8-2-3-11-9(12-8)13-4-6-14-7-5-13/h2-3H,4-7H2,1H3,(H,10,11,12). The van der Waals surface area contributed by atoms with Gasteiger partial charge in [0, 0.05) is 26.3 Å². The predicted molar refractivity (Wildman–Crippen MR) is 54.6 cm³/mol. The Morgan fingerprint density at radius 1 is 1.43 bits per heavy atom. The van der Waals surface area contributed by atoms with Crippen molar-refractivity contribution in [2.75, 3.05) is 43.6 Å². The highest BCUT2D eigenvalue weighted by Crippen LogP contribution is 2.11. The lowest BCUT2D eigenvalue weighted by Crippen LogP contribution is -2.37. The van der Waals surface area contributed by atoms with E-state index in [0.717, 1.165) is 38.1 Å². The van der Waals surface area contributed by atoms with Crippen molar-refractivity contribution in [1.29, 1.82) is 0 Å². The molecule has 14 heavy (non-hydrogen) atoms. The Hall–Kier alpha value is -1.36. The number of hydrogen-bond donors (Lipinski definition) is 1. The Balaban J connectivity index is 2.13. The molecule has 0 unspecified atom stereocenters. The van der Waals surface area contributed by atoms with Crippen LogP contribution >= 0.6 is 0 Å². The Morgan fingerprint density at radius 3 is 2.93 bits per heavy atom. The maximum absolute atomic E-state index is 5.26. The third-order valence-corrected chi connectivity index (χ3v) is 2.19. The Kier molecular flexibility index (Phi) is 2.78. The fourth-order valence-electron chi connectivity index (χ4n) is 1.40. The summed E-state index contributed by atoms with van der Waals surface area (Å²) in [4.78, 5) is 10.7. The topological polar surface area (TPSA) is 50.3 Å². The highest BCUT2D eigenvalue weighted by Gasteiger charge is 2.13. The molecular formula is C9H14N4O. The zero-order chi connectivity index (χ0) is 9.80. The van der Waals surface area contributed by atoms with Gasteiger partial charge in [-0.3, -0.25) is 0 Å². The number of anilines is 2. The van der Waals surface area contributed by atoms with Crippen LogP contribution in [0.1, 0.15) is 0 Å². The van der Waals surface area contributed by atoms with E-state index in [1.165, 1.54) is 0 Å². The van der Waals surface area contributed by atoms with Crippen molar-refractivity contribution >= 4 is 11.8 Å². The zero-order valence-corrected chi connectivity index (χ0v) is 8.23. The molecule has 0 aromatic carbocycles. The number of hydrogen-bond acceptors (Lipinski definition) is 5. The van der Waals surface area contributed by atoms with Crippen LogP contribution in [0.4, 0.5) is 11.8 Å². The largest absolute Gasteiger partial charge is 0.378 e. The van der Waals surface area contributed by atoms with Crippen molar-refractivity contribution in [3.05, 3.63) is 12.3 Å². The second kappa shape index (κ2) is 4.23. The molecule has 2 heterocycles. The van der Waals surface area contributed by atoms with Gasteiger partial charge in [0.05, 0.1) is 13.2 Å². The highest BCUT2D eigenvalue weighted by molar-refractivity contribution is 5.40. The van der Waals surface area contributed by atoms with Gasteiger partial charge in [-0.05, 0) is 6.07 Å². The lowest BCUT2D eigenvalue weighted by atomic mass is 10.4. The molecule has 0 bridgehead atoms. The molecule has 5 heteroatoms. The Bertz CT molecular complexity index is 299.